The molecule has 0 saturated heterocycles. The lowest BCUT2D eigenvalue weighted by Crippen LogP contribution is -2.29. The van der Waals surface area contributed by atoms with Crippen molar-refractivity contribution in [3.8, 4) is 22.3 Å². The van der Waals surface area contributed by atoms with Gasteiger partial charge in [-0.2, -0.15) is 0 Å². The summed E-state index contributed by atoms with van der Waals surface area (Å²) in [5, 5.41) is 0. The van der Waals surface area contributed by atoms with E-state index in [1.165, 1.54) is 235 Å². The van der Waals surface area contributed by atoms with Crippen molar-refractivity contribution in [3.05, 3.63) is 154 Å². The van der Waals surface area contributed by atoms with Crippen molar-refractivity contribution in [3.63, 3.8) is 0 Å². The molecule has 0 bridgehead atoms. The maximum absolute atomic E-state index is 2.75. The Hall–Kier alpha value is -3.90. The van der Waals surface area contributed by atoms with Crippen LogP contribution >= 0.6 is 0 Å². The SMILES string of the molecule is CCCCCCCCc1ccc(C2(c3ccc(CCCCCCCC)cc3)c3ccccc3-c3cc4c(cc32)-c2ccccc2C4(CCCCCCCC)CCCCCCCC)cc1. The normalized spacial score (nSPS) is 14.1. The third-order valence-corrected chi connectivity index (χ3v) is 15.8. The molecule has 0 spiro atoms. The molecule has 0 aliphatic heterocycles. The summed E-state index contributed by atoms with van der Waals surface area (Å²) in [6, 6.07) is 44.7. The second-order valence-corrected chi connectivity index (χ2v) is 20.3. The van der Waals surface area contributed by atoms with Gasteiger partial charge in [-0.25, -0.2) is 0 Å². The number of aryl methyl sites for hydroxylation is 2. The van der Waals surface area contributed by atoms with Gasteiger partial charge < -0.3 is 0 Å². The Morgan fingerprint density at radius 3 is 1.12 bits per heavy atom. The zero-order chi connectivity index (χ0) is 44.5. The largest absolute Gasteiger partial charge is 0.0713 e. The fourth-order valence-electron chi connectivity index (χ4n) is 12.2. The number of hydrogen-bond donors (Lipinski definition) is 0. The summed E-state index contributed by atoms with van der Waals surface area (Å²) in [6.07, 6.45) is 37.1. The van der Waals surface area contributed by atoms with Gasteiger partial charge in [0.1, 0.15) is 0 Å². The first kappa shape index (κ1) is 48.0. The number of benzene rings is 5. The topological polar surface area (TPSA) is 0 Å². The highest BCUT2D eigenvalue weighted by atomic mass is 14.5. The molecule has 0 saturated carbocycles. The Kier molecular flexibility index (Phi) is 18.4. The fraction of sp³-hybridized carbons (Fsp3) is 0.531. The van der Waals surface area contributed by atoms with E-state index in [-0.39, 0.29) is 5.41 Å². The van der Waals surface area contributed by atoms with Crippen molar-refractivity contribution < 1.29 is 0 Å². The minimum absolute atomic E-state index is 0.0625. The summed E-state index contributed by atoms with van der Waals surface area (Å²) in [4.78, 5) is 0. The Morgan fingerprint density at radius 1 is 0.297 bits per heavy atom. The summed E-state index contributed by atoms with van der Waals surface area (Å²) in [5.74, 6) is 0. The molecule has 0 nitrogen and oxygen atoms in total. The molecule has 2 aliphatic carbocycles. The molecule has 7 rings (SSSR count). The van der Waals surface area contributed by atoms with Gasteiger partial charge in [0.25, 0.3) is 0 Å². The third kappa shape index (κ3) is 10.9. The fourth-order valence-corrected chi connectivity index (χ4v) is 12.2. The Bertz CT molecular complexity index is 2050. The molecule has 64 heavy (non-hydrogen) atoms. The molecule has 0 atom stereocenters. The van der Waals surface area contributed by atoms with Crippen LogP contribution in [0, 0.1) is 0 Å². The van der Waals surface area contributed by atoms with Gasteiger partial charge in [0, 0.05) is 5.41 Å². The lowest BCUT2D eigenvalue weighted by atomic mass is 9.66. The molecule has 2 aliphatic rings. The molecule has 5 aromatic carbocycles. The van der Waals surface area contributed by atoms with E-state index in [4.69, 9.17) is 0 Å². The van der Waals surface area contributed by atoms with Crippen molar-refractivity contribution in [1.82, 2.24) is 0 Å². The average Bonchev–Trinajstić information content (AvgIpc) is 3.77. The highest BCUT2D eigenvalue weighted by Gasteiger charge is 2.49. The van der Waals surface area contributed by atoms with Crippen LogP contribution in [0.2, 0.25) is 0 Å². The predicted molar refractivity (Wildman–Crippen MR) is 280 cm³/mol. The van der Waals surface area contributed by atoms with E-state index in [0.29, 0.717) is 0 Å². The first-order chi connectivity index (χ1) is 31.6. The number of unbranched alkanes of at least 4 members (excludes halogenated alkanes) is 20. The molecule has 5 aromatic rings. The maximum atomic E-state index is 2.75. The van der Waals surface area contributed by atoms with Gasteiger partial charge in [0.05, 0.1) is 5.41 Å². The molecule has 0 heteroatoms. The molecule has 0 amide bonds. The zero-order valence-corrected chi connectivity index (χ0v) is 41.2. The van der Waals surface area contributed by atoms with Crippen molar-refractivity contribution >= 4 is 0 Å². The molecular formula is C64H86. The smallest absolute Gasteiger partial charge is 0.0654 e. The minimum atomic E-state index is -0.392. The van der Waals surface area contributed by atoms with E-state index in [0.717, 1.165) is 0 Å². The second kappa shape index (κ2) is 24.6. The van der Waals surface area contributed by atoms with Crippen LogP contribution in [0.15, 0.2) is 109 Å². The van der Waals surface area contributed by atoms with Gasteiger partial charge in [-0.05, 0) is 117 Å². The van der Waals surface area contributed by atoms with Crippen LogP contribution < -0.4 is 0 Å². The van der Waals surface area contributed by atoms with Crippen molar-refractivity contribution in [2.75, 3.05) is 0 Å². The van der Waals surface area contributed by atoms with Gasteiger partial charge in [-0.1, -0.05) is 266 Å². The molecule has 0 N–H and O–H groups in total. The van der Waals surface area contributed by atoms with Crippen LogP contribution in [0.5, 0.6) is 0 Å². The maximum Gasteiger partial charge on any atom is 0.0713 e. The summed E-state index contributed by atoms with van der Waals surface area (Å²) < 4.78 is 0. The van der Waals surface area contributed by atoms with E-state index >= 15 is 0 Å². The molecule has 342 valence electrons. The zero-order valence-electron chi connectivity index (χ0n) is 41.2. The van der Waals surface area contributed by atoms with E-state index in [1.54, 1.807) is 11.1 Å². The Balaban J connectivity index is 1.32. The highest BCUT2D eigenvalue weighted by Crippen LogP contribution is 2.61. The lowest BCUT2D eigenvalue weighted by molar-refractivity contribution is 0.398. The van der Waals surface area contributed by atoms with Crippen LogP contribution in [-0.2, 0) is 23.7 Å². The summed E-state index contributed by atoms with van der Waals surface area (Å²) in [5.41, 5.74) is 17.5. The monoisotopic (exact) mass is 855 g/mol. The van der Waals surface area contributed by atoms with Crippen molar-refractivity contribution in [2.45, 2.75) is 218 Å². The molecule has 0 heterocycles. The highest BCUT2D eigenvalue weighted by molar-refractivity contribution is 5.92. The molecule has 0 radical (unpaired) electrons. The number of rotatable bonds is 30. The van der Waals surface area contributed by atoms with E-state index in [9.17, 15) is 0 Å². The molecular weight excluding hydrogens is 769 g/mol. The van der Waals surface area contributed by atoms with Crippen LogP contribution in [-0.4, -0.2) is 0 Å². The van der Waals surface area contributed by atoms with Crippen LogP contribution in [0.4, 0.5) is 0 Å². The average molecular weight is 855 g/mol. The summed E-state index contributed by atoms with van der Waals surface area (Å²) in [6.45, 7) is 9.31. The minimum Gasteiger partial charge on any atom is -0.0654 e. The molecule has 0 fully saturated rings. The Labute approximate surface area is 392 Å². The Morgan fingerprint density at radius 2 is 0.656 bits per heavy atom. The van der Waals surface area contributed by atoms with Crippen LogP contribution in [0.1, 0.15) is 239 Å². The van der Waals surface area contributed by atoms with Gasteiger partial charge in [0.15, 0.2) is 0 Å². The standard InChI is InChI=1S/C64H86/c1-5-9-13-17-21-25-33-51-39-43-53(44-40-51)64(54-45-41-52(42-46-54)34-26-22-18-14-10-6-2)60-38-30-28-36-56(60)58-49-61-57(50-62(58)64)55-35-27-29-37-59(55)63(61,47-31-23-19-15-11-7-3)48-32-24-20-16-12-8-4/h27-30,35-46,49-50H,5-26,31-34,47-48H2,1-4H3. The van der Waals surface area contributed by atoms with E-state index < -0.39 is 5.41 Å². The first-order valence-corrected chi connectivity index (χ1v) is 27.2. The van der Waals surface area contributed by atoms with E-state index in [1.807, 2.05) is 0 Å². The third-order valence-electron chi connectivity index (χ3n) is 15.8. The lowest BCUT2D eigenvalue weighted by Gasteiger charge is -2.35. The van der Waals surface area contributed by atoms with Crippen molar-refractivity contribution in [1.29, 1.82) is 0 Å². The quantitative estimate of drug-likeness (QED) is 0.0396. The molecule has 0 unspecified atom stereocenters. The first-order valence-electron chi connectivity index (χ1n) is 27.2. The van der Waals surface area contributed by atoms with Crippen molar-refractivity contribution in [2.24, 2.45) is 0 Å². The summed E-state index contributed by atoms with van der Waals surface area (Å²) >= 11 is 0. The van der Waals surface area contributed by atoms with Gasteiger partial charge in [0.2, 0.25) is 0 Å². The van der Waals surface area contributed by atoms with Gasteiger partial charge >= 0.3 is 0 Å². The second-order valence-electron chi connectivity index (χ2n) is 20.3. The van der Waals surface area contributed by atoms with Crippen LogP contribution in [0.25, 0.3) is 22.3 Å². The van der Waals surface area contributed by atoms with Crippen LogP contribution in [0.3, 0.4) is 0 Å². The number of hydrogen-bond acceptors (Lipinski definition) is 0. The van der Waals surface area contributed by atoms with E-state index in [2.05, 4.69) is 137 Å². The number of fused-ring (bicyclic) bond motifs is 6. The van der Waals surface area contributed by atoms with Gasteiger partial charge in [-0.3, -0.25) is 0 Å². The molecule has 0 aromatic heterocycles. The van der Waals surface area contributed by atoms with Gasteiger partial charge in [-0.15, -0.1) is 0 Å². The predicted octanol–water partition coefficient (Wildman–Crippen LogP) is 19.6. The summed E-state index contributed by atoms with van der Waals surface area (Å²) in [7, 11) is 0.